The third-order valence-corrected chi connectivity index (χ3v) is 4.93. The Kier molecular flexibility index (Phi) is 9.81. The maximum atomic E-state index is 5.29. The van der Waals surface area contributed by atoms with Gasteiger partial charge in [-0.2, -0.15) is 0 Å². The highest BCUT2D eigenvalue weighted by Gasteiger charge is 2.03. The number of rotatable bonds is 7. The fourth-order valence-electron chi connectivity index (χ4n) is 2.37. The minimum absolute atomic E-state index is 0. The summed E-state index contributed by atoms with van der Waals surface area (Å²) < 4.78 is 5.29. The molecule has 2 aromatic rings. The molecule has 2 rings (SSSR count). The first-order valence-electron chi connectivity index (χ1n) is 8.17. The van der Waals surface area contributed by atoms with Crippen molar-refractivity contribution >= 4 is 41.3 Å². The molecule has 1 heterocycles. The number of aromatic nitrogens is 1. The molecule has 0 aliphatic carbocycles. The van der Waals surface area contributed by atoms with E-state index in [0.29, 0.717) is 0 Å². The van der Waals surface area contributed by atoms with E-state index in [1.54, 1.807) is 25.5 Å². The van der Waals surface area contributed by atoms with Gasteiger partial charge in [0.1, 0.15) is 5.75 Å². The van der Waals surface area contributed by atoms with E-state index in [9.17, 15) is 0 Å². The maximum absolute atomic E-state index is 5.29. The molecule has 1 aromatic heterocycles. The van der Waals surface area contributed by atoms with Crippen LogP contribution >= 0.6 is 35.3 Å². The van der Waals surface area contributed by atoms with Gasteiger partial charge in [0.25, 0.3) is 0 Å². The molecule has 2 N–H and O–H groups in total. The molecule has 0 radical (unpaired) electrons. The Hall–Kier alpha value is -1.35. The van der Waals surface area contributed by atoms with Crippen LogP contribution in [0, 0.1) is 6.92 Å². The second-order valence-electron chi connectivity index (χ2n) is 5.48. The number of methoxy groups -OCH3 is 1. The zero-order valence-corrected chi connectivity index (χ0v) is 18.4. The smallest absolute Gasteiger partial charge is 0.191 e. The molecule has 0 atom stereocenters. The van der Waals surface area contributed by atoms with Crippen molar-refractivity contribution in [2.75, 3.05) is 20.7 Å². The molecule has 0 saturated carbocycles. The van der Waals surface area contributed by atoms with Crippen LogP contribution in [0.15, 0.2) is 29.4 Å². The minimum Gasteiger partial charge on any atom is -0.496 e. The molecule has 138 valence electrons. The summed E-state index contributed by atoms with van der Waals surface area (Å²) in [5, 5.41) is 7.83. The predicted octanol–water partition coefficient (Wildman–Crippen LogP) is 3.55. The van der Waals surface area contributed by atoms with E-state index in [4.69, 9.17) is 4.74 Å². The van der Waals surface area contributed by atoms with Crippen LogP contribution in [0.4, 0.5) is 0 Å². The summed E-state index contributed by atoms with van der Waals surface area (Å²) >= 11 is 1.78. The number of halogens is 1. The topological polar surface area (TPSA) is 58.5 Å². The second-order valence-corrected chi connectivity index (χ2v) is 6.68. The van der Waals surface area contributed by atoms with E-state index in [2.05, 4.69) is 39.7 Å². The van der Waals surface area contributed by atoms with Crippen LogP contribution in [-0.2, 0) is 19.4 Å². The first kappa shape index (κ1) is 21.7. The van der Waals surface area contributed by atoms with Crippen LogP contribution in [-0.4, -0.2) is 31.6 Å². The van der Waals surface area contributed by atoms with E-state index in [-0.39, 0.29) is 24.0 Å². The Morgan fingerprint density at radius 3 is 2.72 bits per heavy atom. The summed E-state index contributed by atoms with van der Waals surface area (Å²) in [6.45, 7) is 5.75. The summed E-state index contributed by atoms with van der Waals surface area (Å²) in [4.78, 5) is 10.0. The molecule has 1 aromatic carbocycles. The lowest BCUT2D eigenvalue weighted by atomic mass is 10.1. The number of hydrogen-bond acceptors (Lipinski definition) is 4. The number of thiazole rings is 1. The molecule has 0 spiro atoms. The van der Waals surface area contributed by atoms with Gasteiger partial charge in [-0.15, -0.1) is 35.3 Å². The maximum Gasteiger partial charge on any atom is 0.191 e. The standard InChI is InChI=1S/C18H26N4OS.HI/c1-5-15-12-21-17(24-15)8-9-20-18(19-3)22-11-14-6-7-16(23-4)13(2)10-14;/h6-7,10,12H,5,8-9,11H2,1-4H3,(H2,19,20,22);1H. The van der Waals surface area contributed by atoms with Gasteiger partial charge in [0.15, 0.2) is 5.96 Å². The van der Waals surface area contributed by atoms with Gasteiger partial charge >= 0.3 is 0 Å². The van der Waals surface area contributed by atoms with Crippen LogP contribution in [0.1, 0.15) is 27.9 Å². The molecule has 0 fully saturated rings. The fraction of sp³-hybridized carbons (Fsp3) is 0.444. The number of hydrogen-bond donors (Lipinski definition) is 2. The van der Waals surface area contributed by atoms with Crippen molar-refractivity contribution in [3.8, 4) is 5.75 Å². The van der Waals surface area contributed by atoms with Gasteiger partial charge in [0, 0.05) is 37.6 Å². The van der Waals surface area contributed by atoms with E-state index < -0.39 is 0 Å². The molecule has 5 nitrogen and oxygen atoms in total. The molecular formula is C18H27IN4OS. The van der Waals surface area contributed by atoms with Crippen molar-refractivity contribution in [1.82, 2.24) is 15.6 Å². The molecule has 0 unspecified atom stereocenters. The average Bonchev–Trinajstić information content (AvgIpc) is 3.06. The molecule has 0 bridgehead atoms. The minimum atomic E-state index is 0. The Balaban J connectivity index is 0.00000312. The predicted molar refractivity (Wildman–Crippen MR) is 117 cm³/mol. The van der Waals surface area contributed by atoms with Crippen LogP contribution in [0.2, 0.25) is 0 Å². The Morgan fingerprint density at radius 1 is 1.32 bits per heavy atom. The third kappa shape index (κ3) is 6.81. The lowest BCUT2D eigenvalue weighted by molar-refractivity contribution is 0.411. The van der Waals surface area contributed by atoms with Gasteiger partial charge in [0.05, 0.1) is 12.1 Å². The van der Waals surface area contributed by atoms with Crippen molar-refractivity contribution in [3.63, 3.8) is 0 Å². The van der Waals surface area contributed by atoms with Crippen molar-refractivity contribution in [1.29, 1.82) is 0 Å². The lowest BCUT2D eigenvalue weighted by Crippen LogP contribution is -2.37. The van der Waals surface area contributed by atoms with Crippen molar-refractivity contribution in [2.24, 2.45) is 4.99 Å². The van der Waals surface area contributed by atoms with Gasteiger partial charge in [-0.3, -0.25) is 4.99 Å². The highest BCUT2D eigenvalue weighted by atomic mass is 127. The summed E-state index contributed by atoms with van der Waals surface area (Å²) in [6, 6.07) is 6.19. The first-order valence-corrected chi connectivity index (χ1v) is 8.99. The van der Waals surface area contributed by atoms with Crippen molar-refractivity contribution < 1.29 is 4.74 Å². The molecule has 0 aliphatic heterocycles. The van der Waals surface area contributed by atoms with Gasteiger partial charge in [-0.1, -0.05) is 19.1 Å². The highest BCUT2D eigenvalue weighted by molar-refractivity contribution is 14.0. The van der Waals surface area contributed by atoms with Crippen molar-refractivity contribution in [3.05, 3.63) is 45.4 Å². The Bertz CT molecular complexity index is 687. The fourth-order valence-corrected chi connectivity index (χ4v) is 3.23. The quantitative estimate of drug-likeness (QED) is 0.366. The van der Waals surface area contributed by atoms with E-state index in [1.165, 1.54) is 15.4 Å². The molecule has 7 heteroatoms. The SMILES string of the molecule is CCc1cnc(CCNC(=NC)NCc2ccc(OC)c(C)c2)s1.I. The van der Waals surface area contributed by atoms with Gasteiger partial charge in [0.2, 0.25) is 0 Å². The number of guanidine groups is 1. The van der Waals surface area contributed by atoms with Crippen LogP contribution < -0.4 is 15.4 Å². The van der Waals surface area contributed by atoms with E-state index >= 15 is 0 Å². The number of ether oxygens (including phenoxy) is 1. The summed E-state index contributed by atoms with van der Waals surface area (Å²) in [5.41, 5.74) is 2.33. The molecular weight excluding hydrogens is 447 g/mol. The summed E-state index contributed by atoms with van der Waals surface area (Å²) in [5.74, 6) is 1.71. The highest BCUT2D eigenvalue weighted by Crippen LogP contribution is 2.18. The number of aliphatic imine (C=N–C) groups is 1. The van der Waals surface area contributed by atoms with E-state index in [0.717, 1.165) is 43.2 Å². The molecule has 0 saturated heterocycles. The monoisotopic (exact) mass is 474 g/mol. The summed E-state index contributed by atoms with van der Waals surface area (Å²) in [6.07, 6.45) is 3.93. The average molecular weight is 474 g/mol. The lowest BCUT2D eigenvalue weighted by Gasteiger charge is -2.12. The summed E-state index contributed by atoms with van der Waals surface area (Å²) in [7, 11) is 3.48. The van der Waals surface area contributed by atoms with Crippen LogP contribution in [0.5, 0.6) is 5.75 Å². The van der Waals surface area contributed by atoms with Gasteiger partial charge in [-0.05, 0) is 30.5 Å². The first-order chi connectivity index (χ1) is 11.7. The number of benzene rings is 1. The zero-order chi connectivity index (χ0) is 17.4. The largest absolute Gasteiger partial charge is 0.496 e. The second kappa shape index (κ2) is 11.3. The molecule has 0 amide bonds. The normalized spacial score (nSPS) is 11.0. The molecule has 0 aliphatic rings. The van der Waals surface area contributed by atoms with Crippen molar-refractivity contribution in [2.45, 2.75) is 33.2 Å². The Labute approximate surface area is 171 Å². The third-order valence-electron chi connectivity index (χ3n) is 3.72. The zero-order valence-electron chi connectivity index (χ0n) is 15.3. The number of nitrogens with zero attached hydrogens (tertiary/aromatic N) is 2. The Morgan fingerprint density at radius 2 is 2.12 bits per heavy atom. The van der Waals surface area contributed by atoms with Crippen LogP contribution in [0.25, 0.3) is 0 Å². The number of aryl methyl sites for hydroxylation is 2. The van der Waals surface area contributed by atoms with Gasteiger partial charge < -0.3 is 15.4 Å². The number of nitrogens with one attached hydrogen (secondary N) is 2. The van der Waals surface area contributed by atoms with E-state index in [1.807, 2.05) is 19.2 Å². The van der Waals surface area contributed by atoms with Crippen LogP contribution in [0.3, 0.4) is 0 Å². The van der Waals surface area contributed by atoms with Gasteiger partial charge in [-0.25, -0.2) is 4.98 Å². The molecule has 25 heavy (non-hydrogen) atoms.